The summed E-state index contributed by atoms with van der Waals surface area (Å²) in [5.41, 5.74) is 0.745. The molecule has 0 aliphatic carbocycles. The summed E-state index contributed by atoms with van der Waals surface area (Å²) in [4.78, 5) is 20.3. The Balaban J connectivity index is 1.64. The molecule has 2 aromatic rings. The van der Waals surface area contributed by atoms with Crippen LogP contribution in [0.15, 0.2) is 15.7 Å². The first-order valence-electron chi connectivity index (χ1n) is 10.8. The van der Waals surface area contributed by atoms with E-state index in [-0.39, 0.29) is 30.2 Å². The SMILES string of the molecule is CON=C[C@H]1COC(=O)N1c1noc2c(F)c(N3C[C@@H](C)O[C@H](C)C3)c(C3OCCO3)cc12. The highest BCUT2D eigenvalue weighted by atomic mass is 19.1. The van der Waals surface area contributed by atoms with Crippen molar-refractivity contribution < 1.29 is 37.5 Å². The molecule has 11 nitrogen and oxygen atoms in total. The lowest BCUT2D eigenvalue weighted by atomic mass is 10.0. The van der Waals surface area contributed by atoms with Crippen LogP contribution in [0.5, 0.6) is 0 Å². The van der Waals surface area contributed by atoms with Gasteiger partial charge >= 0.3 is 6.09 Å². The summed E-state index contributed by atoms with van der Waals surface area (Å²) in [6.07, 6.45) is -0.170. The van der Waals surface area contributed by atoms with Crippen LogP contribution >= 0.6 is 0 Å². The highest BCUT2D eigenvalue weighted by molar-refractivity contribution is 6.03. The average molecular weight is 464 g/mol. The number of benzene rings is 1. The molecule has 0 bridgehead atoms. The van der Waals surface area contributed by atoms with Crippen molar-refractivity contribution in [3.63, 3.8) is 0 Å². The van der Waals surface area contributed by atoms with Gasteiger partial charge in [-0.25, -0.2) is 14.1 Å². The standard InChI is InChI=1S/C21H25FN4O7/c1-11-8-25(9-12(2)32-11)17-14(20-29-4-5-30-20)6-15-18(16(17)22)33-24-19(15)26-13(7-23-28-3)10-31-21(26)27/h6-7,11-13,20H,4-5,8-10H2,1-3H3/t11-,12-,13+/m1/s1. The second kappa shape index (κ2) is 8.76. The molecule has 12 heteroatoms. The second-order valence-corrected chi connectivity index (χ2v) is 8.20. The molecule has 1 aromatic carbocycles. The van der Waals surface area contributed by atoms with Crippen LogP contribution in [-0.4, -0.2) is 75.7 Å². The van der Waals surface area contributed by atoms with Crippen molar-refractivity contribution >= 4 is 34.8 Å². The van der Waals surface area contributed by atoms with E-state index in [0.29, 0.717) is 42.9 Å². The molecule has 33 heavy (non-hydrogen) atoms. The Hall–Kier alpha value is -2.96. The summed E-state index contributed by atoms with van der Waals surface area (Å²) in [5.74, 6) is -0.482. The van der Waals surface area contributed by atoms with E-state index in [2.05, 4.69) is 10.3 Å². The number of carbonyl (C=O) groups excluding carboxylic acids is 1. The first-order valence-corrected chi connectivity index (χ1v) is 10.8. The fourth-order valence-electron chi connectivity index (χ4n) is 4.53. The minimum absolute atomic E-state index is 0.0475. The molecule has 1 amide bonds. The molecule has 4 heterocycles. The fraction of sp³-hybridized carbons (Fsp3) is 0.571. The van der Waals surface area contributed by atoms with Gasteiger partial charge in [0.25, 0.3) is 0 Å². The molecule has 5 rings (SSSR count). The molecule has 3 saturated heterocycles. The number of morpholine rings is 1. The number of carbonyl (C=O) groups is 1. The number of fused-ring (bicyclic) bond motifs is 1. The zero-order valence-corrected chi connectivity index (χ0v) is 18.5. The van der Waals surface area contributed by atoms with Crippen LogP contribution in [0.4, 0.5) is 20.7 Å². The zero-order chi connectivity index (χ0) is 23.1. The van der Waals surface area contributed by atoms with Crippen LogP contribution in [0, 0.1) is 5.82 Å². The molecular formula is C21H25FN4O7. The van der Waals surface area contributed by atoms with E-state index in [1.807, 2.05) is 18.7 Å². The van der Waals surface area contributed by atoms with Crippen molar-refractivity contribution in [2.45, 2.75) is 38.4 Å². The van der Waals surface area contributed by atoms with Crippen molar-refractivity contribution in [2.24, 2.45) is 5.16 Å². The summed E-state index contributed by atoms with van der Waals surface area (Å²) < 4.78 is 43.8. The van der Waals surface area contributed by atoms with Crippen molar-refractivity contribution in [1.82, 2.24) is 5.16 Å². The van der Waals surface area contributed by atoms with Gasteiger partial charge in [-0.15, -0.1) is 0 Å². The number of cyclic esters (lactones) is 1. The maximum absolute atomic E-state index is 16.0. The van der Waals surface area contributed by atoms with Gasteiger partial charge in [-0.1, -0.05) is 10.3 Å². The summed E-state index contributed by atoms with van der Waals surface area (Å²) in [6, 6.07) is 1.12. The molecule has 178 valence electrons. The maximum Gasteiger partial charge on any atom is 0.416 e. The Morgan fingerprint density at radius 2 is 1.97 bits per heavy atom. The summed E-state index contributed by atoms with van der Waals surface area (Å²) in [7, 11) is 1.39. The van der Waals surface area contributed by atoms with Gasteiger partial charge in [-0.3, -0.25) is 0 Å². The molecule has 0 spiro atoms. The molecule has 0 saturated carbocycles. The largest absolute Gasteiger partial charge is 0.446 e. The lowest BCUT2D eigenvalue weighted by Gasteiger charge is -2.38. The Morgan fingerprint density at radius 1 is 1.24 bits per heavy atom. The van der Waals surface area contributed by atoms with Crippen LogP contribution < -0.4 is 9.80 Å². The van der Waals surface area contributed by atoms with E-state index >= 15 is 4.39 Å². The molecule has 1 aromatic heterocycles. The van der Waals surface area contributed by atoms with E-state index in [0.717, 1.165) is 0 Å². The van der Waals surface area contributed by atoms with Gasteiger partial charge in [-0.05, 0) is 19.9 Å². The number of ether oxygens (including phenoxy) is 4. The molecule has 3 aliphatic rings. The summed E-state index contributed by atoms with van der Waals surface area (Å²) in [6.45, 7) is 5.69. The number of anilines is 2. The minimum atomic E-state index is -0.758. The number of rotatable bonds is 5. The van der Waals surface area contributed by atoms with E-state index in [4.69, 9.17) is 28.3 Å². The van der Waals surface area contributed by atoms with Gasteiger partial charge in [0.15, 0.2) is 17.9 Å². The monoisotopic (exact) mass is 464 g/mol. The molecule has 0 N–H and O–H groups in total. The summed E-state index contributed by atoms with van der Waals surface area (Å²) >= 11 is 0. The highest BCUT2D eigenvalue weighted by Gasteiger charge is 2.39. The van der Waals surface area contributed by atoms with Gasteiger partial charge in [0.05, 0.1) is 42.7 Å². The number of halogens is 1. The van der Waals surface area contributed by atoms with Gasteiger partial charge in [0.1, 0.15) is 19.8 Å². The van der Waals surface area contributed by atoms with Crippen molar-refractivity contribution in [3.8, 4) is 0 Å². The lowest BCUT2D eigenvalue weighted by Crippen LogP contribution is -2.46. The molecular weight excluding hydrogens is 439 g/mol. The van der Waals surface area contributed by atoms with Gasteiger partial charge in [0.2, 0.25) is 5.58 Å². The number of hydrogen-bond acceptors (Lipinski definition) is 10. The Kier molecular flexibility index (Phi) is 5.81. The second-order valence-electron chi connectivity index (χ2n) is 8.20. The number of nitrogens with zero attached hydrogens (tertiary/aromatic N) is 4. The normalized spacial score (nSPS) is 26.7. The number of amides is 1. The first kappa shape index (κ1) is 21.9. The Morgan fingerprint density at radius 3 is 2.67 bits per heavy atom. The van der Waals surface area contributed by atoms with E-state index in [9.17, 15) is 4.79 Å². The number of oxime groups is 1. The zero-order valence-electron chi connectivity index (χ0n) is 18.5. The van der Waals surface area contributed by atoms with E-state index in [1.54, 1.807) is 6.07 Å². The van der Waals surface area contributed by atoms with Crippen molar-refractivity contribution in [2.75, 3.05) is 49.8 Å². The third-order valence-electron chi connectivity index (χ3n) is 5.77. The summed E-state index contributed by atoms with van der Waals surface area (Å²) in [5, 5.41) is 8.04. The van der Waals surface area contributed by atoms with Crippen LogP contribution in [0.3, 0.4) is 0 Å². The van der Waals surface area contributed by atoms with Gasteiger partial charge < -0.3 is 33.2 Å². The predicted octanol–water partition coefficient (Wildman–Crippen LogP) is 2.58. The molecule has 0 radical (unpaired) electrons. The maximum atomic E-state index is 16.0. The van der Waals surface area contributed by atoms with Crippen LogP contribution in [0.2, 0.25) is 0 Å². The third kappa shape index (κ3) is 3.87. The molecule has 0 unspecified atom stereocenters. The van der Waals surface area contributed by atoms with Crippen LogP contribution in [0.1, 0.15) is 25.7 Å². The van der Waals surface area contributed by atoms with Crippen molar-refractivity contribution in [3.05, 3.63) is 17.4 Å². The molecule has 3 aliphatic heterocycles. The quantitative estimate of drug-likeness (QED) is 0.487. The topological polar surface area (TPSA) is 108 Å². The number of aromatic nitrogens is 1. The fourth-order valence-corrected chi connectivity index (χ4v) is 4.53. The first-order chi connectivity index (χ1) is 16.0. The molecule has 3 atom stereocenters. The minimum Gasteiger partial charge on any atom is -0.446 e. The number of hydrogen-bond donors (Lipinski definition) is 0. The van der Waals surface area contributed by atoms with Crippen LogP contribution in [0.25, 0.3) is 11.0 Å². The van der Waals surface area contributed by atoms with E-state index in [1.165, 1.54) is 18.2 Å². The smallest absolute Gasteiger partial charge is 0.416 e. The Bertz CT molecular complexity index is 1060. The van der Waals surface area contributed by atoms with E-state index < -0.39 is 24.2 Å². The third-order valence-corrected chi connectivity index (χ3v) is 5.77. The Labute approximate surface area is 188 Å². The van der Waals surface area contributed by atoms with Crippen LogP contribution in [-0.2, 0) is 23.8 Å². The predicted molar refractivity (Wildman–Crippen MR) is 114 cm³/mol. The van der Waals surface area contributed by atoms with Crippen molar-refractivity contribution in [1.29, 1.82) is 0 Å². The highest BCUT2D eigenvalue weighted by Crippen LogP contribution is 2.42. The molecule has 3 fully saturated rings. The van der Waals surface area contributed by atoms with Gasteiger partial charge in [-0.2, -0.15) is 0 Å². The van der Waals surface area contributed by atoms with Gasteiger partial charge in [0, 0.05) is 18.7 Å². The lowest BCUT2D eigenvalue weighted by molar-refractivity contribution is -0.0445. The average Bonchev–Trinajstić information content (AvgIpc) is 3.51.